The minimum absolute atomic E-state index is 0.0258. The Bertz CT molecular complexity index is 1020. The molecule has 4 rings (SSSR count). The molecule has 0 heterocycles. The summed E-state index contributed by atoms with van der Waals surface area (Å²) in [5.74, 6) is -1.36. The van der Waals surface area contributed by atoms with Crippen molar-refractivity contribution in [2.45, 2.75) is 57.4 Å². The van der Waals surface area contributed by atoms with Crippen LogP contribution in [0.15, 0.2) is 48.5 Å². The summed E-state index contributed by atoms with van der Waals surface area (Å²) in [6.07, 6.45) is 3.69. The van der Waals surface area contributed by atoms with Crippen molar-refractivity contribution in [1.82, 2.24) is 10.6 Å². The first kappa shape index (κ1) is 24.8. The number of hydrogen-bond donors (Lipinski definition) is 3. The summed E-state index contributed by atoms with van der Waals surface area (Å²) in [6.45, 7) is 2.35. The third-order valence-electron chi connectivity index (χ3n) is 7.29. The predicted molar refractivity (Wildman–Crippen MR) is 133 cm³/mol. The maximum absolute atomic E-state index is 12.9. The van der Waals surface area contributed by atoms with Crippen LogP contribution in [0, 0.1) is 11.8 Å². The van der Waals surface area contributed by atoms with Gasteiger partial charge < -0.3 is 20.5 Å². The number of amides is 2. The van der Waals surface area contributed by atoms with E-state index in [1.54, 1.807) is 0 Å². The van der Waals surface area contributed by atoms with Crippen LogP contribution < -0.4 is 10.6 Å². The van der Waals surface area contributed by atoms with Gasteiger partial charge in [-0.05, 0) is 47.4 Å². The topological polar surface area (TPSA) is 105 Å². The third-order valence-corrected chi connectivity index (χ3v) is 7.29. The van der Waals surface area contributed by atoms with Gasteiger partial charge in [0.15, 0.2) is 0 Å². The van der Waals surface area contributed by atoms with Gasteiger partial charge in [-0.3, -0.25) is 9.59 Å². The van der Waals surface area contributed by atoms with Crippen LogP contribution in [0.3, 0.4) is 0 Å². The Morgan fingerprint density at radius 1 is 1.03 bits per heavy atom. The summed E-state index contributed by atoms with van der Waals surface area (Å²) in [5.41, 5.74) is 4.62. The highest BCUT2D eigenvalue weighted by Crippen LogP contribution is 2.44. The Kier molecular flexibility index (Phi) is 8.06. The fourth-order valence-electron chi connectivity index (χ4n) is 5.20. The summed E-state index contributed by atoms with van der Waals surface area (Å²) in [7, 11) is 0. The molecule has 2 unspecified atom stereocenters. The molecule has 2 aliphatic rings. The number of aliphatic carboxylic acids is 1. The van der Waals surface area contributed by atoms with Gasteiger partial charge in [-0.15, -0.1) is 0 Å². The normalized spacial score (nSPS) is 16.4. The number of fused-ring (bicyclic) bond motifs is 3. The molecule has 2 aromatic carbocycles. The Hall–Kier alpha value is -3.35. The highest BCUT2D eigenvalue weighted by Gasteiger charge is 2.32. The lowest BCUT2D eigenvalue weighted by Crippen LogP contribution is -2.48. The van der Waals surface area contributed by atoms with E-state index in [1.807, 2.05) is 31.2 Å². The molecule has 2 aliphatic carbocycles. The Morgan fingerprint density at radius 2 is 1.66 bits per heavy atom. The molecular formula is C28H34N2O5. The molecule has 1 fully saturated rings. The number of carbonyl (C=O) groups is 3. The molecule has 0 radical (unpaired) electrons. The molecule has 7 nitrogen and oxygen atoms in total. The van der Waals surface area contributed by atoms with Gasteiger partial charge in [0.1, 0.15) is 6.61 Å². The summed E-state index contributed by atoms with van der Waals surface area (Å²) in [6, 6.07) is 16.0. The molecule has 2 aromatic rings. The van der Waals surface area contributed by atoms with E-state index >= 15 is 0 Å². The van der Waals surface area contributed by atoms with E-state index in [9.17, 15) is 19.5 Å². The maximum Gasteiger partial charge on any atom is 0.407 e. The molecule has 0 bridgehead atoms. The van der Waals surface area contributed by atoms with Gasteiger partial charge in [-0.2, -0.15) is 0 Å². The van der Waals surface area contributed by atoms with Crippen LogP contribution in [0.5, 0.6) is 0 Å². The van der Waals surface area contributed by atoms with E-state index in [2.05, 4.69) is 34.9 Å². The van der Waals surface area contributed by atoms with Crippen molar-refractivity contribution >= 4 is 18.0 Å². The number of nitrogens with one attached hydrogen (secondary N) is 2. The van der Waals surface area contributed by atoms with Gasteiger partial charge in [0.2, 0.25) is 5.91 Å². The second-order valence-electron chi connectivity index (χ2n) is 9.60. The zero-order valence-corrected chi connectivity index (χ0v) is 20.2. The number of ether oxygens (including phenoxy) is 1. The predicted octanol–water partition coefficient (Wildman–Crippen LogP) is 4.70. The van der Waals surface area contributed by atoms with E-state index in [-0.39, 0.29) is 43.4 Å². The lowest BCUT2D eigenvalue weighted by atomic mass is 9.78. The van der Waals surface area contributed by atoms with Crippen molar-refractivity contribution < 1.29 is 24.2 Å². The third kappa shape index (κ3) is 5.84. The lowest BCUT2D eigenvalue weighted by molar-refractivity contribution is -0.138. The van der Waals surface area contributed by atoms with Crippen LogP contribution in [0.25, 0.3) is 11.1 Å². The van der Waals surface area contributed by atoms with Crippen LogP contribution in [0.1, 0.15) is 62.5 Å². The molecule has 0 spiro atoms. The summed E-state index contributed by atoms with van der Waals surface area (Å²) >= 11 is 0. The number of carboxylic acids is 1. The lowest BCUT2D eigenvalue weighted by Gasteiger charge is -2.34. The second kappa shape index (κ2) is 11.4. The summed E-state index contributed by atoms with van der Waals surface area (Å²) in [5, 5.41) is 14.9. The smallest absolute Gasteiger partial charge is 0.407 e. The van der Waals surface area contributed by atoms with Crippen molar-refractivity contribution in [3.8, 4) is 11.1 Å². The zero-order valence-electron chi connectivity index (χ0n) is 20.2. The molecule has 7 heteroatoms. The number of alkyl carbamates (subject to hydrolysis) is 1. The summed E-state index contributed by atoms with van der Waals surface area (Å²) < 4.78 is 5.59. The molecule has 0 aliphatic heterocycles. The number of rotatable bonds is 11. The minimum Gasteiger partial charge on any atom is -0.481 e. The molecule has 2 amide bonds. The highest BCUT2D eigenvalue weighted by atomic mass is 16.5. The number of benzene rings is 2. The number of hydrogen-bond acceptors (Lipinski definition) is 4. The molecule has 0 saturated heterocycles. The van der Waals surface area contributed by atoms with Crippen LogP contribution >= 0.6 is 0 Å². The number of carbonyl (C=O) groups excluding carboxylic acids is 2. The van der Waals surface area contributed by atoms with Gasteiger partial charge in [0.25, 0.3) is 0 Å². The van der Waals surface area contributed by atoms with Gasteiger partial charge in [0.05, 0.1) is 12.3 Å². The van der Waals surface area contributed by atoms with Gasteiger partial charge >= 0.3 is 12.1 Å². The van der Waals surface area contributed by atoms with Crippen molar-refractivity contribution in [2.75, 3.05) is 13.2 Å². The minimum atomic E-state index is -0.911. The standard InChI is InChI=1S/C28H34N2O5/c1-2-8-19(27(33)30-25(15-26(31)32)18-9-7-10-18)16-29-28(34)35-17-24-22-13-5-3-11-20(22)21-12-4-6-14-23(21)24/h3-6,11-14,18-19,24-25H,2,7-10,15-17H2,1H3,(H,29,34)(H,30,33)(H,31,32). The highest BCUT2D eigenvalue weighted by molar-refractivity contribution is 5.81. The molecule has 3 N–H and O–H groups in total. The van der Waals surface area contributed by atoms with Gasteiger partial charge in [-0.1, -0.05) is 68.3 Å². The molecule has 0 aromatic heterocycles. The van der Waals surface area contributed by atoms with Crippen molar-refractivity contribution in [1.29, 1.82) is 0 Å². The first-order chi connectivity index (χ1) is 17.0. The maximum atomic E-state index is 12.9. The molecule has 186 valence electrons. The van der Waals surface area contributed by atoms with Crippen molar-refractivity contribution in [3.63, 3.8) is 0 Å². The van der Waals surface area contributed by atoms with E-state index < -0.39 is 18.0 Å². The zero-order chi connectivity index (χ0) is 24.8. The van der Waals surface area contributed by atoms with E-state index in [1.165, 1.54) is 11.1 Å². The average Bonchev–Trinajstić information content (AvgIpc) is 3.12. The fraction of sp³-hybridized carbons (Fsp3) is 0.464. The average molecular weight is 479 g/mol. The second-order valence-corrected chi connectivity index (χ2v) is 9.60. The van der Waals surface area contributed by atoms with Crippen molar-refractivity contribution in [2.24, 2.45) is 11.8 Å². The quantitative estimate of drug-likeness (QED) is 0.434. The first-order valence-electron chi connectivity index (χ1n) is 12.6. The van der Waals surface area contributed by atoms with Crippen molar-refractivity contribution in [3.05, 3.63) is 59.7 Å². The monoisotopic (exact) mass is 478 g/mol. The Labute approximate surface area is 206 Å². The van der Waals surface area contributed by atoms with Crippen LogP contribution in [-0.2, 0) is 14.3 Å². The molecule has 35 heavy (non-hydrogen) atoms. The largest absolute Gasteiger partial charge is 0.481 e. The van der Waals surface area contributed by atoms with E-state index in [0.717, 1.165) is 36.8 Å². The number of carboxylic acid groups (broad SMARTS) is 1. The molecule has 2 atom stereocenters. The van der Waals surface area contributed by atoms with Gasteiger partial charge in [0, 0.05) is 18.5 Å². The molecule has 1 saturated carbocycles. The van der Waals surface area contributed by atoms with Crippen LogP contribution in [-0.4, -0.2) is 42.3 Å². The van der Waals surface area contributed by atoms with E-state index in [4.69, 9.17) is 4.74 Å². The van der Waals surface area contributed by atoms with Gasteiger partial charge in [-0.25, -0.2) is 4.79 Å². The molecular weight excluding hydrogens is 444 g/mol. The SMILES string of the molecule is CCCC(CNC(=O)OCC1c2ccccc2-c2ccccc21)C(=O)NC(CC(=O)O)C1CCC1. The van der Waals surface area contributed by atoms with Crippen LogP contribution in [0.2, 0.25) is 0 Å². The fourth-order valence-corrected chi connectivity index (χ4v) is 5.20. The Balaban J connectivity index is 1.32. The Morgan fingerprint density at radius 3 is 2.20 bits per heavy atom. The summed E-state index contributed by atoms with van der Waals surface area (Å²) in [4.78, 5) is 36.7. The van der Waals surface area contributed by atoms with E-state index in [0.29, 0.717) is 6.42 Å². The van der Waals surface area contributed by atoms with Crippen LogP contribution in [0.4, 0.5) is 4.79 Å². The first-order valence-corrected chi connectivity index (χ1v) is 12.6.